The summed E-state index contributed by atoms with van der Waals surface area (Å²) in [5.74, 6) is 1.61. The van der Waals surface area contributed by atoms with Gasteiger partial charge in [0.2, 0.25) is 0 Å². The van der Waals surface area contributed by atoms with Crippen molar-refractivity contribution < 1.29 is 0 Å². The molecule has 1 aliphatic rings. The molecule has 7 heteroatoms. The number of hydrogen-bond acceptors (Lipinski definition) is 4. The van der Waals surface area contributed by atoms with Crippen molar-refractivity contribution in [1.29, 1.82) is 0 Å². The molecule has 0 saturated carbocycles. The monoisotopic (exact) mass is 275 g/mol. The van der Waals surface area contributed by atoms with E-state index in [-0.39, 0.29) is 12.1 Å². The van der Waals surface area contributed by atoms with Crippen LogP contribution >= 0.6 is 0 Å². The zero-order chi connectivity index (χ0) is 14.1. The number of hydrogen-bond donors (Lipinski definition) is 1. The summed E-state index contributed by atoms with van der Waals surface area (Å²) in [6, 6.07) is 0. The molecule has 3 heterocycles. The van der Waals surface area contributed by atoms with Gasteiger partial charge in [-0.05, 0) is 19.8 Å². The minimum Gasteiger partial charge on any atom is -0.293 e. The predicted molar refractivity (Wildman–Crippen MR) is 72.7 cm³/mol. The van der Waals surface area contributed by atoms with E-state index in [9.17, 15) is 9.59 Å². The van der Waals surface area contributed by atoms with Gasteiger partial charge in [-0.2, -0.15) is 5.10 Å². The third kappa shape index (κ3) is 2.43. The Hall–Kier alpha value is -2.18. The second-order valence-electron chi connectivity index (χ2n) is 5.18. The van der Waals surface area contributed by atoms with Crippen LogP contribution < -0.4 is 11.2 Å². The van der Waals surface area contributed by atoms with E-state index in [1.807, 2.05) is 4.68 Å². The van der Waals surface area contributed by atoms with Crippen LogP contribution in [-0.2, 0) is 19.5 Å². The predicted octanol–water partition coefficient (Wildman–Crippen LogP) is 0.211. The number of fused-ring (bicyclic) bond motifs is 1. The molecule has 20 heavy (non-hydrogen) atoms. The van der Waals surface area contributed by atoms with Gasteiger partial charge in [0.25, 0.3) is 5.56 Å². The quantitative estimate of drug-likeness (QED) is 0.849. The van der Waals surface area contributed by atoms with Gasteiger partial charge >= 0.3 is 5.69 Å². The Morgan fingerprint density at radius 1 is 1.30 bits per heavy atom. The van der Waals surface area contributed by atoms with Gasteiger partial charge in [-0.15, -0.1) is 0 Å². The van der Waals surface area contributed by atoms with Gasteiger partial charge in [0.1, 0.15) is 5.82 Å². The number of H-pyrrole nitrogens is 1. The Labute approximate surface area is 115 Å². The fourth-order valence-electron chi connectivity index (χ4n) is 2.47. The molecule has 7 nitrogen and oxygen atoms in total. The SMILES string of the molecule is Cc1cn(Cc2nc3n(n2)CCCCC3)c(=O)[nH]c1=O. The van der Waals surface area contributed by atoms with E-state index in [0.29, 0.717) is 11.4 Å². The van der Waals surface area contributed by atoms with Crippen LogP contribution in [0.1, 0.15) is 36.5 Å². The van der Waals surface area contributed by atoms with Crippen molar-refractivity contribution in [1.82, 2.24) is 24.3 Å². The van der Waals surface area contributed by atoms with Crippen molar-refractivity contribution in [3.63, 3.8) is 0 Å². The molecule has 0 spiro atoms. The van der Waals surface area contributed by atoms with Crippen LogP contribution in [0, 0.1) is 6.92 Å². The molecular weight excluding hydrogens is 258 g/mol. The Balaban J connectivity index is 1.90. The number of nitrogens with zero attached hydrogens (tertiary/aromatic N) is 4. The average Bonchev–Trinajstić information content (AvgIpc) is 2.65. The summed E-state index contributed by atoms with van der Waals surface area (Å²) in [5, 5.41) is 4.45. The van der Waals surface area contributed by atoms with E-state index < -0.39 is 5.69 Å². The fourth-order valence-corrected chi connectivity index (χ4v) is 2.47. The molecule has 1 aliphatic heterocycles. The number of nitrogens with one attached hydrogen (secondary N) is 1. The highest BCUT2D eigenvalue weighted by molar-refractivity contribution is 5.03. The Kier molecular flexibility index (Phi) is 3.25. The summed E-state index contributed by atoms with van der Waals surface area (Å²) in [4.78, 5) is 29.9. The van der Waals surface area contributed by atoms with Gasteiger partial charge < -0.3 is 0 Å². The van der Waals surface area contributed by atoms with Gasteiger partial charge in [-0.25, -0.2) is 14.5 Å². The third-order valence-corrected chi connectivity index (χ3v) is 3.56. The lowest BCUT2D eigenvalue weighted by Crippen LogP contribution is -2.31. The van der Waals surface area contributed by atoms with Gasteiger partial charge in [0.15, 0.2) is 5.82 Å². The standard InChI is InChI=1S/C13H17N5O2/c1-9-7-17(13(20)15-12(9)19)8-10-14-11-5-3-2-4-6-18(11)16-10/h7H,2-6,8H2,1H3,(H,15,19,20). The van der Waals surface area contributed by atoms with Gasteiger partial charge in [0, 0.05) is 24.7 Å². The summed E-state index contributed by atoms with van der Waals surface area (Å²) in [7, 11) is 0. The highest BCUT2D eigenvalue weighted by Crippen LogP contribution is 2.12. The van der Waals surface area contributed by atoms with Crippen molar-refractivity contribution in [2.45, 2.75) is 45.7 Å². The smallest absolute Gasteiger partial charge is 0.293 e. The van der Waals surface area contributed by atoms with Crippen molar-refractivity contribution in [3.05, 3.63) is 44.2 Å². The Morgan fingerprint density at radius 2 is 2.15 bits per heavy atom. The van der Waals surface area contributed by atoms with E-state index in [2.05, 4.69) is 15.1 Å². The highest BCUT2D eigenvalue weighted by Gasteiger charge is 2.13. The van der Waals surface area contributed by atoms with Crippen molar-refractivity contribution >= 4 is 0 Å². The molecule has 2 aromatic heterocycles. The number of rotatable bonds is 2. The Bertz CT molecular complexity index is 716. The molecule has 1 N–H and O–H groups in total. The third-order valence-electron chi connectivity index (χ3n) is 3.56. The molecular formula is C13H17N5O2. The second-order valence-corrected chi connectivity index (χ2v) is 5.18. The zero-order valence-electron chi connectivity index (χ0n) is 11.4. The zero-order valence-corrected chi connectivity index (χ0v) is 11.4. The van der Waals surface area contributed by atoms with E-state index in [0.717, 1.165) is 31.6 Å². The normalized spacial score (nSPS) is 14.8. The second kappa shape index (κ2) is 5.07. The van der Waals surface area contributed by atoms with Crippen molar-refractivity contribution in [3.8, 4) is 0 Å². The van der Waals surface area contributed by atoms with Crippen LogP contribution in [0.4, 0.5) is 0 Å². The molecule has 0 aromatic carbocycles. The van der Waals surface area contributed by atoms with Crippen LogP contribution in [0.15, 0.2) is 15.8 Å². The molecule has 0 radical (unpaired) electrons. The molecule has 0 amide bonds. The Morgan fingerprint density at radius 3 is 3.00 bits per heavy atom. The first kappa shape index (κ1) is 12.8. The first-order valence-corrected chi connectivity index (χ1v) is 6.86. The number of aryl methyl sites for hydroxylation is 3. The average molecular weight is 275 g/mol. The number of aromatic amines is 1. The van der Waals surface area contributed by atoms with Crippen LogP contribution in [0.5, 0.6) is 0 Å². The highest BCUT2D eigenvalue weighted by atomic mass is 16.2. The summed E-state index contributed by atoms with van der Waals surface area (Å²) < 4.78 is 3.37. The van der Waals surface area contributed by atoms with E-state index in [1.54, 1.807) is 13.1 Å². The van der Waals surface area contributed by atoms with Crippen LogP contribution in [0.3, 0.4) is 0 Å². The molecule has 0 aliphatic carbocycles. The molecule has 0 fully saturated rings. The van der Waals surface area contributed by atoms with Crippen molar-refractivity contribution in [2.75, 3.05) is 0 Å². The summed E-state index contributed by atoms with van der Waals surface area (Å²) in [6.45, 7) is 2.85. The van der Waals surface area contributed by atoms with E-state index in [4.69, 9.17) is 0 Å². The lowest BCUT2D eigenvalue weighted by molar-refractivity contribution is 0.563. The molecule has 0 atom stereocenters. The van der Waals surface area contributed by atoms with E-state index >= 15 is 0 Å². The molecule has 3 rings (SSSR count). The first-order chi connectivity index (χ1) is 9.63. The lowest BCUT2D eigenvalue weighted by atomic mass is 10.2. The first-order valence-electron chi connectivity index (χ1n) is 6.86. The lowest BCUT2D eigenvalue weighted by Gasteiger charge is -2.02. The van der Waals surface area contributed by atoms with E-state index in [1.165, 1.54) is 11.0 Å². The largest absolute Gasteiger partial charge is 0.328 e. The van der Waals surface area contributed by atoms with Crippen LogP contribution in [0.2, 0.25) is 0 Å². The van der Waals surface area contributed by atoms with Crippen LogP contribution in [-0.4, -0.2) is 24.3 Å². The fraction of sp³-hybridized carbons (Fsp3) is 0.538. The molecule has 0 saturated heterocycles. The summed E-state index contributed by atoms with van der Waals surface area (Å²) in [6.07, 6.45) is 5.95. The summed E-state index contributed by atoms with van der Waals surface area (Å²) in [5.41, 5.74) is -0.268. The minimum atomic E-state index is -0.425. The molecule has 0 bridgehead atoms. The molecule has 2 aromatic rings. The topological polar surface area (TPSA) is 85.6 Å². The van der Waals surface area contributed by atoms with Gasteiger partial charge in [0.05, 0.1) is 6.54 Å². The van der Waals surface area contributed by atoms with Gasteiger partial charge in [-0.1, -0.05) is 6.42 Å². The maximum atomic E-state index is 11.7. The number of aromatic nitrogens is 5. The van der Waals surface area contributed by atoms with Gasteiger partial charge in [-0.3, -0.25) is 14.3 Å². The van der Waals surface area contributed by atoms with Crippen LogP contribution in [0.25, 0.3) is 0 Å². The summed E-state index contributed by atoms with van der Waals surface area (Å²) >= 11 is 0. The minimum absolute atomic E-state index is 0.288. The molecule has 0 unspecified atom stereocenters. The van der Waals surface area contributed by atoms with Crippen molar-refractivity contribution in [2.24, 2.45) is 0 Å². The molecule has 106 valence electrons. The maximum Gasteiger partial charge on any atom is 0.328 e. The maximum absolute atomic E-state index is 11.7.